The molecule has 0 aliphatic carbocycles. The van der Waals surface area contributed by atoms with Gasteiger partial charge in [0.25, 0.3) is 0 Å². The van der Waals surface area contributed by atoms with Crippen molar-refractivity contribution in [3.8, 4) is 11.5 Å². The molecule has 1 amide bonds. The van der Waals surface area contributed by atoms with Gasteiger partial charge in [0.1, 0.15) is 13.2 Å². The van der Waals surface area contributed by atoms with Crippen molar-refractivity contribution in [2.45, 2.75) is 13.0 Å². The van der Waals surface area contributed by atoms with Crippen LogP contribution >= 0.6 is 15.9 Å². The summed E-state index contributed by atoms with van der Waals surface area (Å²) in [7, 11) is 1.82. The number of rotatable bonds is 4. The number of nitrogens with zero attached hydrogens (tertiary/aromatic N) is 1. The van der Waals surface area contributed by atoms with E-state index in [0.717, 1.165) is 27.1 Å². The molecule has 23 heavy (non-hydrogen) atoms. The summed E-state index contributed by atoms with van der Waals surface area (Å²) >= 11 is 3.51. The summed E-state index contributed by atoms with van der Waals surface area (Å²) in [4.78, 5) is 14.2. The topological polar surface area (TPSA) is 38.8 Å². The van der Waals surface area contributed by atoms with Crippen LogP contribution < -0.4 is 9.47 Å². The molecule has 0 saturated heterocycles. The molecule has 0 N–H and O–H groups in total. The zero-order valence-electron chi connectivity index (χ0n) is 12.9. The van der Waals surface area contributed by atoms with Crippen LogP contribution in [0.4, 0.5) is 0 Å². The molecule has 1 aliphatic heterocycles. The van der Waals surface area contributed by atoms with Crippen LogP contribution in [0.3, 0.4) is 0 Å². The van der Waals surface area contributed by atoms with E-state index in [9.17, 15) is 4.79 Å². The maximum atomic E-state index is 12.4. The van der Waals surface area contributed by atoms with E-state index in [-0.39, 0.29) is 5.91 Å². The monoisotopic (exact) mass is 375 g/mol. The highest BCUT2D eigenvalue weighted by Crippen LogP contribution is 2.31. The molecule has 0 aromatic heterocycles. The van der Waals surface area contributed by atoms with Crippen molar-refractivity contribution >= 4 is 21.8 Å². The summed E-state index contributed by atoms with van der Waals surface area (Å²) < 4.78 is 12.1. The third-order valence-electron chi connectivity index (χ3n) is 3.75. The summed E-state index contributed by atoms with van der Waals surface area (Å²) in [6.07, 6.45) is 0.345. The summed E-state index contributed by atoms with van der Waals surface area (Å²) in [6, 6.07) is 13.6. The first-order valence-corrected chi connectivity index (χ1v) is 8.28. The second-order valence-corrected chi connectivity index (χ2v) is 6.35. The normalized spacial score (nSPS) is 12.8. The molecule has 5 heteroatoms. The molecule has 0 unspecified atom stereocenters. The van der Waals surface area contributed by atoms with Crippen LogP contribution in [-0.2, 0) is 17.8 Å². The summed E-state index contributed by atoms with van der Waals surface area (Å²) in [5, 5.41) is 0. The van der Waals surface area contributed by atoms with E-state index < -0.39 is 0 Å². The Balaban J connectivity index is 1.65. The van der Waals surface area contributed by atoms with Gasteiger partial charge in [-0.15, -0.1) is 0 Å². The Labute approximate surface area is 144 Å². The number of ether oxygens (including phenoxy) is 2. The molecule has 0 spiro atoms. The van der Waals surface area contributed by atoms with Crippen LogP contribution in [-0.4, -0.2) is 31.1 Å². The molecule has 0 fully saturated rings. The number of hydrogen-bond donors (Lipinski definition) is 0. The van der Waals surface area contributed by atoms with Crippen molar-refractivity contribution in [3.63, 3.8) is 0 Å². The lowest BCUT2D eigenvalue weighted by atomic mass is 10.1. The van der Waals surface area contributed by atoms with E-state index in [1.165, 1.54) is 0 Å². The van der Waals surface area contributed by atoms with Crippen LogP contribution in [0.2, 0.25) is 0 Å². The van der Waals surface area contributed by atoms with Crippen LogP contribution in [0.1, 0.15) is 11.1 Å². The number of carbonyl (C=O) groups is 1. The molecule has 0 saturated carbocycles. The minimum Gasteiger partial charge on any atom is -0.486 e. The van der Waals surface area contributed by atoms with Gasteiger partial charge in [0.2, 0.25) is 5.91 Å². The molecular weight excluding hydrogens is 358 g/mol. The minimum absolute atomic E-state index is 0.0671. The van der Waals surface area contributed by atoms with Gasteiger partial charge in [-0.25, -0.2) is 0 Å². The standard InChI is InChI=1S/C18H18BrNO3/c1-20(12-14-4-2-3-5-15(14)19)18(21)11-13-6-7-16-17(10-13)23-9-8-22-16/h2-7,10H,8-9,11-12H2,1H3. The lowest BCUT2D eigenvalue weighted by Crippen LogP contribution is -2.28. The molecule has 1 heterocycles. The van der Waals surface area contributed by atoms with Gasteiger partial charge in [-0.05, 0) is 29.3 Å². The van der Waals surface area contributed by atoms with Gasteiger partial charge >= 0.3 is 0 Å². The Morgan fingerprint density at radius 3 is 2.65 bits per heavy atom. The Kier molecular flexibility index (Phi) is 4.86. The molecule has 0 radical (unpaired) electrons. The maximum absolute atomic E-state index is 12.4. The Hall–Kier alpha value is -2.01. The second-order valence-electron chi connectivity index (χ2n) is 5.50. The number of carbonyl (C=O) groups excluding carboxylic acids is 1. The number of fused-ring (bicyclic) bond motifs is 1. The SMILES string of the molecule is CN(Cc1ccccc1Br)C(=O)Cc1ccc2c(c1)OCCO2. The molecule has 2 aromatic carbocycles. The number of halogens is 1. The van der Waals surface area contributed by atoms with Gasteiger partial charge in [-0.2, -0.15) is 0 Å². The van der Waals surface area contributed by atoms with Crippen LogP contribution in [0.5, 0.6) is 11.5 Å². The van der Waals surface area contributed by atoms with Gasteiger partial charge in [0.05, 0.1) is 6.42 Å². The average Bonchev–Trinajstić information content (AvgIpc) is 2.56. The van der Waals surface area contributed by atoms with Crippen molar-refractivity contribution in [1.82, 2.24) is 4.90 Å². The van der Waals surface area contributed by atoms with Crippen molar-refractivity contribution in [2.75, 3.05) is 20.3 Å². The molecule has 1 aliphatic rings. The van der Waals surface area contributed by atoms with Crippen molar-refractivity contribution < 1.29 is 14.3 Å². The van der Waals surface area contributed by atoms with E-state index in [0.29, 0.717) is 26.2 Å². The lowest BCUT2D eigenvalue weighted by molar-refractivity contribution is -0.129. The predicted molar refractivity (Wildman–Crippen MR) is 91.8 cm³/mol. The van der Waals surface area contributed by atoms with Gasteiger partial charge in [0, 0.05) is 18.1 Å². The fourth-order valence-corrected chi connectivity index (χ4v) is 2.89. The smallest absolute Gasteiger partial charge is 0.227 e. The number of benzene rings is 2. The summed E-state index contributed by atoms with van der Waals surface area (Å²) in [5.74, 6) is 1.53. The molecule has 0 atom stereocenters. The largest absolute Gasteiger partial charge is 0.486 e. The van der Waals surface area contributed by atoms with Gasteiger partial charge in [0.15, 0.2) is 11.5 Å². The Bertz CT molecular complexity index is 717. The fraction of sp³-hybridized carbons (Fsp3) is 0.278. The number of hydrogen-bond acceptors (Lipinski definition) is 3. The highest BCUT2D eigenvalue weighted by molar-refractivity contribution is 9.10. The molecule has 0 bridgehead atoms. The molecule has 4 nitrogen and oxygen atoms in total. The van der Waals surface area contributed by atoms with Gasteiger partial charge < -0.3 is 14.4 Å². The minimum atomic E-state index is 0.0671. The maximum Gasteiger partial charge on any atom is 0.227 e. The first-order chi connectivity index (χ1) is 11.1. The number of likely N-dealkylation sites (N-methyl/N-ethyl adjacent to an activating group) is 1. The average molecular weight is 376 g/mol. The van der Waals surface area contributed by atoms with E-state index in [1.54, 1.807) is 4.90 Å². The third kappa shape index (κ3) is 3.85. The summed E-state index contributed by atoms with van der Waals surface area (Å²) in [5.41, 5.74) is 2.02. The number of amides is 1. The molecule has 3 rings (SSSR count). The van der Waals surface area contributed by atoms with E-state index in [4.69, 9.17) is 9.47 Å². The van der Waals surface area contributed by atoms with Crippen molar-refractivity contribution in [3.05, 3.63) is 58.1 Å². The molecular formula is C18H18BrNO3. The lowest BCUT2D eigenvalue weighted by Gasteiger charge is -2.20. The van der Waals surface area contributed by atoms with E-state index in [2.05, 4.69) is 15.9 Å². The first-order valence-electron chi connectivity index (χ1n) is 7.49. The highest BCUT2D eigenvalue weighted by atomic mass is 79.9. The second kappa shape index (κ2) is 7.04. The third-order valence-corrected chi connectivity index (χ3v) is 4.53. The van der Waals surface area contributed by atoms with Gasteiger partial charge in [-0.1, -0.05) is 40.2 Å². The Morgan fingerprint density at radius 2 is 1.87 bits per heavy atom. The van der Waals surface area contributed by atoms with Crippen LogP contribution in [0.25, 0.3) is 0 Å². The van der Waals surface area contributed by atoms with Crippen molar-refractivity contribution in [1.29, 1.82) is 0 Å². The molecule has 2 aromatic rings. The van der Waals surface area contributed by atoms with Crippen molar-refractivity contribution in [2.24, 2.45) is 0 Å². The Morgan fingerprint density at radius 1 is 1.13 bits per heavy atom. The zero-order chi connectivity index (χ0) is 16.2. The highest BCUT2D eigenvalue weighted by Gasteiger charge is 2.15. The van der Waals surface area contributed by atoms with Gasteiger partial charge in [-0.3, -0.25) is 4.79 Å². The van der Waals surface area contributed by atoms with E-state index >= 15 is 0 Å². The molecule has 120 valence electrons. The zero-order valence-corrected chi connectivity index (χ0v) is 14.5. The van der Waals surface area contributed by atoms with Crippen LogP contribution in [0.15, 0.2) is 46.9 Å². The van der Waals surface area contributed by atoms with E-state index in [1.807, 2.05) is 49.5 Å². The summed E-state index contributed by atoms with van der Waals surface area (Å²) in [6.45, 7) is 1.69. The predicted octanol–water partition coefficient (Wildman–Crippen LogP) is 3.42. The van der Waals surface area contributed by atoms with Crippen LogP contribution in [0, 0.1) is 0 Å². The quantitative estimate of drug-likeness (QED) is 0.821. The first kappa shape index (κ1) is 15.9. The fourth-order valence-electron chi connectivity index (χ4n) is 2.48.